The molecule has 0 N–H and O–H groups in total. The van der Waals surface area contributed by atoms with E-state index in [0.717, 1.165) is 5.56 Å². The summed E-state index contributed by atoms with van der Waals surface area (Å²) in [4.78, 5) is 17.3. The molecule has 2 fully saturated rings. The number of benzene rings is 2. The molecule has 33 heavy (non-hydrogen) atoms. The Morgan fingerprint density at radius 2 is 1.67 bits per heavy atom. The van der Waals surface area contributed by atoms with E-state index in [9.17, 15) is 13.2 Å². The molecular weight excluding hydrogens is 466 g/mol. The largest absolute Gasteiger partial charge is 0.379 e. The van der Waals surface area contributed by atoms with Gasteiger partial charge < -0.3 is 19.3 Å². The first kappa shape index (κ1) is 24.0. The first-order valence-corrected chi connectivity index (χ1v) is 12.7. The van der Waals surface area contributed by atoms with Gasteiger partial charge in [0.05, 0.1) is 36.9 Å². The molecule has 0 unspecified atom stereocenters. The summed E-state index contributed by atoms with van der Waals surface area (Å²) in [6.45, 7) is 4.04. The summed E-state index contributed by atoms with van der Waals surface area (Å²) >= 11 is 6.09. The lowest BCUT2D eigenvalue weighted by atomic mass is 10.1. The normalized spacial score (nSPS) is 17.7. The Labute approximate surface area is 199 Å². The second-order valence-corrected chi connectivity index (χ2v) is 10.5. The minimum Gasteiger partial charge on any atom is -0.379 e. The Kier molecular flexibility index (Phi) is 7.55. The molecule has 2 saturated heterocycles. The second kappa shape index (κ2) is 10.4. The number of carbonyl (C=O) groups excluding carboxylic acids is 1. The summed E-state index contributed by atoms with van der Waals surface area (Å²) in [5, 5.41) is 0.598. The average Bonchev–Trinajstić information content (AvgIpc) is 2.84. The zero-order valence-electron chi connectivity index (χ0n) is 18.6. The lowest BCUT2D eigenvalue weighted by Gasteiger charge is -2.32. The van der Waals surface area contributed by atoms with E-state index < -0.39 is 10.0 Å². The van der Waals surface area contributed by atoms with Crippen LogP contribution in [-0.4, -0.2) is 83.2 Å². The smallest absolute Gasteiger partial charge is 0.256 e. The molecule has 0 spiro atoms. The van der Waals surface area contributed by atoms with E-state index in [0.29, 0.717) is 75.4 Å². The fraction of sp³-hybridized carbons (Fsp3) is 0.435. The van der Waals surface area contributed by atoms with Crippen LogP contribution >= 0.6 is 11.6 Å². The first-order chi connectivity index (χ1) is 15.9. The van der Waals surface area contributed by atoms with Gasteiger partial charge in [-0.15, -0.1) is 0 Å². The van der Waals surface area contributed by atoms with Gasteiger partial charge in [-0.2, -0.15) is 4.31 Å². The molecule has 0 bridgehead atoms. The van der Waals surface area contributed by atoms with E-state index in [1.54, 1.807) is 30.1 Å². The molecular formula is C23H28ClN3O5S. The molecule has 1 amide bonds. The number of ether oxygens (including phenoxy) is 2. The number of anilines is 1. The molecule has 4 rings (SSSR count). The van der Waals surface area contributed by atoms with Gasteiger partial charge in [-0.1, -0.05) is 23.7 Å². The predicted molar refractivity (Wildman–Crippen MR) is 126 cm³/mol. The number of nitrogens with zero attached hydrogens (tertiary/aromatic N) is 3. The number of rotatable bonds is 6. The number of sulfonamides is 1. The molecule has 2 heterocycles. The Balaban J connectivity index is 1.67. The van der Waals surface area contributed by atoms with Crippen LogP contribution < -0.4 is 4.90 Å². The summed E-state index contributed by atoms with van der Waals surface area (Å²) in [5.74, 6) is -0.254. The molecule has 8 nitrogen and oxygen atoms in total. The quantitative estimate of drug-likeness (QED) is 0.615. The van der Waals surface area contributed by atoms with Crippen LogP contribution in [0.3, 0.4) is 0 Å². The maximum Gasteiger partial charge on any atom is 0.256 e. The first-order valence-electron chi connectivity index (χ1n) is 10.9. The molecule has 0 radical (unpaired) electrons. The topological polar surface area (TPSA) is 79.4 Å². The summed E-state index contributed by atoms with van der Waals surface area (Å²) in [7, 11) is -2.03. The Morgan fingerprint density at radius 3 is 2.33 bits per heavy atom. The summed E-state index contributed by atoms with van der Waals surface area (Å²) in [6, 6.07) is 12.2. The van der Waals surface area contributed by atoms with Crippen molar-refractivity contribution in [2.75, 3.05) is 64.6 Å². The Bertz CT molecular complexity index is 1100. The molecule has 2 aliphatic rings. The standard InChI is InChI=1S/C23H28ClN3O5S/c1-25(17-18-3-2-4-19(24)15-18)23(28)21-16-20(33(29,30)27-9-13-32-14-10-27)5-6-22(21)26-7-11-31-12-8-26/h2-6,15-16H,7-14,17H2,1H3. The van der Waals surface area contributed by atoms with E-state index in [2.05, 4.69) is 4.90 Å². The number of hydrogen-bond acceptors (Lipinski definition) is 6. The highest BCUT2D eigenvalue weighted by atomic mass is 35.5. The average molecular weight is 494 g/mol. The van der Waals surface area contributed by atoms with Gasteiger partial charge in [-0.25, -0.2) is 8.42 Å². The zero-order valence-corrected chi connectivity index (χ0v) is 20.1. The van der Waals surface area contributed by atoms with Crippen molar-refractivity contribution in [3.63, 3.8) is 0 Å². The van der Waals surface area contributed by atoms with Crippen molar-refractivity contribution in [3.05, 3.63) is 58.6 Å². The van der Waals surface area contributed by atoms with Crippen molar-refractivity contribution in [2.45, 2.75) is 11.4 Å². The maximum absolute atomic E-state index is 13.6. The van der Waals surface area contributed by atoms with Crippen LogP contribution in [0.5, 0.6) is 0 Å². The van der Waals surface area contributed by atoms with Gasteiger partial charge in [0.1, 0.15) is 0 Å². The van der Waals surface area contributed by atoms with E-state index in [1.807, 2.05) is 18.2 Å². The predicted octanol–water partition coefficient (Wildman–Crippen LogP) is 2.47. The number of amides is 1. The van der Waals surface area contributed by atoms with Crippen LogP contribution in [0, 0.1) is 0 Å². The third-order valence-electron chi connectivity index (χ3n) is 5.81. The van der Waals surface area contributed by atoms with Crippen molar-refractivity contribution >= 4 is 33.2 Å². The molecule has 0 aromatic heterocycles. The monoisotopic (exact) mass is 493 g/mol. The van der Waals surface area contributed by atoms with Crippen LogP contribution in [0.4, 0.5) is 5.69 Å². The van der Waals surface area contributed by atoms with Crippen LogP contribution in [0.2, 0.25) is 5.02 Å². The number of morpholine rings is 2. The van der Waals surface area contributed by atoms with Gasteiger partial charge in [0.2, 0.25) is 10.0 Å². The zero-order chi connectivity index (χ0) is 23.4. The summed E-state index contributed by atoms with van der Waals surface area (Å²) < 4.78 is 38.6. The van der Waals surface area contributed by atoms with Gasteiger partial charge >= 0.3 is 0 Å². The van der Waals surface area contributed by atoms with Crippen LogP contribution in [-0.2, 0) is 26.0 Å². The Morgan fingerprint density at radius 1 is 1.00 bits per heavy atom. The van der Waals surface area contributed by atoms with Crippen LogP contribution in [0.15, 0.2) is 47.4 Å². The second-order valence-electron chi connectivity index (χ2n) is 8.09. The summed E-state index contributed by atoms with van der Waals surface area (Å²) in [6.07, 6.45) is 0. The number of halogens is 1. The SMILES string of the molecule is CN(Cc1cccc(Cl)c1)C(=O)c1cc(S(=O)(=O)N2CCOCC2)ccc1N1CCOCC1. The fourth-order valence-corrected chi connectivity index (χ4v) is 5.70. The molecule has 178 valence electrons. The maximum atomic E-state index is 13.6. The fourth-order valence-electron chi connectivity index (χ4n) is 4.05. The highest BCUT2D eigenvalue weighted by Crippen LogP contribution is 2.28. The van der Waals surface area contributed by atoms with Crippen molar-refractivity contribution in [1.29, 1.82) is 0 Å². The minimum absolute atomic E-state index is 0.112. The number of carbonyl (C=O) groups is 1. The lowest BCUT2D eigenvalue weighted by molar-refractivity contribution is 0.0730. The van der Waals surface area contributed by atoms with Crippen LogP contribution in [0.25, 0.3) is 0 Å². The van der Waals surface area contributed by atoms with Gasteiger partial charge in [-0.3, -0.25) is 4.79 Å². The van der Waals surface area contributed by atoms with Crippen molar-refractivity contribution in [3.8, 4) is 0 Å². The molecule has 2 aromatic carbocycles. The van der Waals surface area contributed by atoms with Gasteiger partial charge in [0.15, 0.2) is 0 Å². The van der Waals surface area contributed by atoms with E-state index in [-0.39, 0.29) is 10.8 Å². The van der Waals surface area contributed by atoms with Gasteiger partial charge in [0.25, 0.3) is 5.91 Å². The minimum atomic E-state index is -3.73. The van der Waals surface area contributed by atoms with E-state index >= 15 is 0 Å². The molecule has 10 heteroatoms. The van der Waals surface area contributed by atoms with E-state index in [4.69, 9.17) is 21.1 Å². The Hall–Kier alpha value is -2.17. The van der Waals surface area contributed by atoms with Crippen molar-refractivity contribution in [2.24, 2.45) is 0 Å². The van der Waals surface area contributed by atoms with Gasteiger partial charge in [-0.05, 0) is 35.9 Å². The van der Waals surface area contributed by atoms with E-state index in [1.165, 1.54) is 10.4 Å². The molecule has 2 aliphatic heterocycles. The van der Waals surface area contributed by atoms with Crippen molar-refractivity contribution in [1.82, 2.24) is 9.21 Å². The molecule has 0 aliphatic carbocycles. The molecule has 0 atom stereocenters. The highest BCUT2D eigenvalue weighted by molar-refractivity contribution is 7.89. The lowest BCUT2D eigenvalue weighted by Crippen LogP contribution is -2.41. The molecule has 0 saturated carbocycles. The highest BCUT2D eigenvalue weighted by Gasteiger charge is 2.29. The van der Waals surface area contributed by atoms with Crippen LogP contribution in [0.1, 0.15) is 15.9 Å². The van der Waals surface area contributed by atoms with Crippen molar-refractivity contribution < 1.29 is 22.7 Å². The number of hydrogen-bond donors (Lipinski definition) is 0. The third-order valence-corrected chi connectivity index (χ3v) is 7.94. The molecule has 2 aromatic rings. The van der Waals surface area contributed by atoms with Gasteiger partial charge in [0, 0.05) is 50.5 Å². The third kappa shape index (κ3) is 5.50. The summed E-state index contributed by atoms with van der Waals surface area (Å²) in [5.41, 5.74) is 1.96.